The van der Waals surface area contributed by atoms with Crippen LogP contribution in [-0.4, -0.2) is 40.7 Å². The Balaban J connectivity index is 1.65. The number of hydrogen-bond donors (Lipinski definition) is 0. The smallest absolute Gasteiger partial charge is 0.240 e. The molecule has 166 valence electrons. The zero-order valence-corrected chi connectivity index (χ0v) is 22.1. The molecule has 2 heterocycles. The van der Waals surface area contributed by atoms with Gasteiger partial charge in [0.1, 0.15) is 16.9 Å². The van der Waals surface area contributed by atoms with Gasteiger partial charge in [-0.15, -0.1) is 0 Å². The molecular weight excluding hydrogens is 543 g/mol. The number of halogens is 1. The molecule has 0 N–H and O–H groups in total. The summed E-state index contributed by atoms with van der Waals surface area (Å²) in [6.45, 7) is 8.57. The predicted octanol–water partition coefficient (Wildman–Crippen LogP) is 5.68. The van der Waals surface area contributed by atoms with Gasteiger partial charge in [-0.05, 0) is 40.5 Å². The predicted molar refractivity (Wildman–Crippen MR) is 134 cm³/mol. The maximum Gasteiger partial charge on any atom is 0.240 e. The van der Waals surface area contributed by atoms with E-state index >= 15 is 0 Å². The molecule has 1 aromatic carbocycles. The first-order valence-corrected chi connectivity index (χ1v) is 15.9. The van der Waals surface area contributed by atoms with Crippen LogP contribution in [-0.2, 0) is 18.1 Å². The van der Waals surface area contributed by atoms with E-state index in [1.54, 1.807) is 17.1 Å². The molecule has 3 rings (SSSR count). The van der Waals surface area contributed by atoms with E-state index in [1.165, 1.54) is 11.8 Å². The van der Waals surface area contributed by atoms with Crippen molar-refractivity contribution in [2.75, 3.05) is 12.9 Å². The minimum absolute atomic E-state index is 0.399. The average molecular weight is 571 g/mol. The van der Waals surface area contributed by atoms with Crippen LogP contribution in [0.25, 0.3) is 0 Å². The van der Waals surface area contributed by atoms with E-state index in [1.807, 2.05) is 36.6 Å². The van der Waals surface area contributed by atoms with Crippen LogP contribution in [0, 0.1) is 3.57 Å². The largest absolute Gasteiger partial charge is 0.472 e. The molecule has 0 saturated carbocycles. The highest BCUT2D eigenvalue weighted by atomic mass is 127. The number of hydrogen-bond acceptors (Lipinski definition) is 7. The number of benzene rings is 1. The van der Waals surface area contributed by atoms with E-state index in [2.05, 4.69) is 57.3 Å². The molecule has 0 amide bonds. The fourth-order valence-corrected chi connectivity index (χ4v) is 4.10. The van der Waals surface area contributed by atoms with Crippen molar-refractivity contribution in [2.24, 2.45) is 0 Å². The molecule has 0 saturated heterocycles. The number of rotatable bonds is 11. The Kier molecular flexibility index (Phi) is 8.75. The van der Waals surface area contributed by atoms with Crippen molar-refractivity contribution in [3.05, 3.63) is 51.9 Å². The van der Waals surface area contributed by atoms with E-state index in [4.69, 9.17) is 14.2 Å². The van der Waals surface area contributed by atoms with Gasteiger partial charge in [-0.2, -0.15) is 15.1 Å². The normalized spacial score (nSPS) is 11.5. The molecule has 0 aliphatic carbocycles. The molecule has 3 aromatic rings. The molecular formula is C21H27IN4O3SSi. The van der Waals surface area contributed by atoms with Crippen molar-refractivity contribution in [1.29, 1.82) is 0 Å². The SMILES string of the molecule is CSc1nc(OCc2ccccc2)c(I)c(Oc2cnn(COCC[Si](C)(C)C)c2)n1. The molecule has 0 atom stereocenters. The van der Waals surface area contributed by atoms with Gasteiger partial charge in [-0.25, -0.2) is 4.68 Å². The molecule has 10 heteroatoms. The van der Waals surface area contributed by atoms with E-state index in [0.29, 0.717) is 39.6 Å². The molecule has 0 unspecified atom stereocenters. The fraction of sp³-hybridized carbons (Fsp3) is 0.381. The van der Waals surface area contributed by atoms with Gasteiger partial charge in [-0.3, -0.25) is 0 Å². The maximum atomic E-state index is 6.00. The van der Waals surface area contributed by atoms with Gasteiger partial charge < -0.3 is 14.2 Å². The molecule has 0 bridgehead atoms. The quantitative estimate of drug-likeness (QED) is 0.0966. The highest BCUT2D eigenvalue weighted by molar-refractivity contribution is 14.1. The zero-order valence-electron chi connectivity index (χ0n) is 18.2. The summed E-state index contributed by atoms with van der Waals surface area (Å²) in [7, 11) is -1.10. The Bertz CT molecular complexity index is 983. The topological polar surface area (TPSA) is 71.3 Å². The summed E-state index contributed by atoms with van der Waals surface area (Å²) < 4.78 is 20.1. The van der Waals surface area contributed by atoms with Crippen molar-refractivity contribution < 1.29 is 14.2 Å². The van der Waals surface area contributed by atoms with Gasteiger partial charge in [0.2, 0.25) is 11.8 Å². The summed E-state index contributed by atoms with van der Waals surface area (Å²) >= 11 is 3.59. The average Bonchev–Trinajstić information content (AvgIpc) is 3.19. The molecule has 2 aromatic heterocycles. The van der Waals surface area contributed by atoms with Crippen LogP contribution in [0.4, 0.5) is 0 Å². The first kappa shape index (κ1) is 24.0. The lowest BCUT2D eigenvalue weighted by molar-refractivity contribution is 0.0784. The number of ether oxygens (including phenoxy) is 3. The number of thioether (sulfide) groups is 1. The third-order valence-corrected chi connectivity index (χ3v) is 7.39. The second-order valence-electron chi connectivity index (χ2n) is 8.07. The fourth-order valence-electron chi connectivity index (χ4n) is 2.48. The molecule has 0 aliphatic rings. The van der Waals surface area contributed by atoms with Gasteiger partial charge in [0, 0.05) is 14.7 Å². The van der Waals surface area contributed by atoms with Gasteiger partial charge in [0.05, 0.1) is 12.4 Å². The summed E-state index contributed by atoms with van der Waals surface area (Å²) in [5, 5.41) is 4.90. The first-order valence-electron chi connectivity index (χ1n) is 9.90. The number of nitrogens with zero attached hydrogens (tertiary/aromatic N) is 4. The lowest BCUT2D eigenvalue weighted by Gasteiger charge is -2.15. The van der Waals surface area contributed by atoms with Crippen LogP contribution >= 0.6 is 34.4 Å². The standard InChI is InChI=1S/C21H27IN4O3SSi/c1-30-21-24-19(28-14-16-8-6-5-7-9-16)18(22)20(25-21)29-17-12-23-26(13-17)15-27-10-11-31(2,3)4/h5-9,12-13H,10-11,14-15H2,1-4H3. The van der Waals surface area contributed by atoms with Gasteiger partial charge in [0.15, 0.2) is 10.9 Å². The Hall–Kier alpha value is -1.63. The van der Waals surface area contributed by atoms with Crippen molar-refractivity contribution >= 4 is 42.4 Å². The van der Waals surface area contributed by atoms with E-state index < -0.39 is 8.07 Å². The Morgan fingerprint density at radius 2 is 1.84 bits per heavy atom. The molecule has 31 heavy (non-hydrogen) atoms. The summed E-state index contributed by atoms with van der Waals surface area (Å²) in [5.74, 6) is 1.54. The maximum absolute atomic E-state index is 6.00. The van der Waals surface area contributed by atoms with Crippen molar-refractivity contribution in [1.82, 2.24) is 19.7 Å². The van der Waals surface area contributed by atoms with E-state index in [-0.39, 0.29) is 0 Å². The minimum atomic E-state index is -1.10. The highest BCUT2D eigenvalue weighted by Gasteiger charge is 2.17. The summed E-state index contributed by atoms with van der Waals surface area (Å²) in [4.78, 5) is 8.98. The third kappa shape index (κ3) is 7.77. The Labute approximate surface area is 202 Å². The Morgan fingerprint density at radius 3 is 2.55 bits per heavy atom. The highest BCUT2D eigenvalue weighted by Crippen LogP contribution is 2.32. The van der Waals surface area contributed by atoms with E-state index in [0.717, 1.165) is 18.2 Å². The van der Waals surface area contributed by atoms with Gasteiger partial charge in [-0.1, -0.05) is 61.7 Å². The monoisotopic (exact) mass is 570 g/mol. The molecule has 0 radical (unpaired) electrons. The van der Waals surface area contributed by atoms with Crippen LogP contribution in [0.15, 0.2) is 47.9 Å². The lowest BCUT2D eigenvalue weighted by atomic mass is 10.2. The van der Waals surface area contributed by atoms with Crippen molar-refractivity contribution in [2.45, 2.75) is 44.2 Å². The van der Waals surface area contributed by atoms with Crippen LogP contribution in [0.2, 0.25) is 25.7 Å². The van der Waals surface area contributed by atoms with Crippen molar-refractivity contribution in [3.8, 4) is 17.5 Å². The van der Waals surface area contributed by atoms with Crippen LogP contribution < -0.4 is 9.47 Å². The van der Waals surface area contributed by atoms with Crippen molar-refractivity contribution in [3.63, 3.8) is 0 Å². The first-order chi connectivity index (χ1) is 14.8. The van der Waals surface area contributed by atoms with Crippen LogP contribution in [0.5, 0.6) is 17.5 Å². The van der Waals surface area contributed by atoms with Crippen LogP contribution in [0.1, 0.15) is 5.56 Å². The second-order valence-corrected chi connectivity index (χ2v) is 15.5. The summed E-state index contributed by atoms with van der Waals surface area (Å²) in [6, 6.07) is 11.1. The molecule has 0 fully saturated rings. The summed E-state index contributed by atoms with van der Waals surface area (Å²) in [6.07, 6.45) is 5.38. The minimum Gasteiger partial charge on any atom is -0.472 e. The van der Waals surface area contributed by atoms with Crippen LogP contribution in [0.3, 0.4) is 0 Å². The van der Waals surface area contributed by atoms with Gasteiger partial charge in [0.25, 0.3) is 0 Å². The number of aromatic nitrogens is 4. The van der Waals surface area contributed by atoms with Gasteiger partial charge >= 0.3 is 0 Å². The zero-order chi connectivity index (χ0) is 22.3. The molecule has 0 spiro atoms. The third-order valence-electron chi connectivity index (χ3n) is 4.21. The Morgan fingerprint density at radius 1 is 1.10 bits per heavy atom. The summed E-state index contributed by atoms with van der Waals surface area (Å²) in [5.41, 5.74) is 1.07. The molecule has 0 aliphatic heterocycles. The second kappa shape index (κ2) is 11.3. The lowest BCUT2D eigenvalue weighted by Crippen LogP contribution is -2.22. The molecule has 7 nitrogen and oxygen atoms in total. The van der Waals surface area contributed by atoms with E-state index in [9.17, 15) is 0 Å².